The number of carbonyl (C=O) groups is 2. The van der Waals surface area contributed by atoms with Crippen LogP contribution >= 0.6 is 0 Å². The molecule has 3 aliphatic rings. The van der Waals surface area contributed by atoms with E-state index in [1.807, 2.05) is 43.3 Å². The number of aliphatic hydroxyl groups is 1. The van der Waals surface area contributed by atoms with E-state index in [-0.39, 0.29) is 29.8 Å². The van der Waals surface area contributed by atoms with Crippen LogP contribution in [0.2, 0.25) is 0 Å². The first-order valence-electron chi connectivity index (χ1n) is 19.3. The molecule has 2 amide bonds. The number of nitrogens with zero attached hydrogens (tertiary/aromatic N) is 6. The van der Waals surface area contributed by atoms with Gasteiger partial charge in [-0.3, -0.25) is 19.7 Å². The molecule has 4 N–H and O–H groups in total. The van der Waals surface area contributed by atoms with Crippen molar-refractivity contribution in [3.05, 3.63) is 112 Å². The minimum absolute atomic E-state index is 0.189. The molecule has 13 heteroatoms. The van der Waals surface area contributed by atoms with Crippen LogP contribution in [0.3, 0.4) is 0 Å². The molecule has 5 aromatic rings. The number of nitrogens with one attached hydrogen (secondary N) is 3. The number of allylic oxidation sites excluding steroid dienone is 1. The van der Waals surface area contributed by atoms with Gasteiger partial charge in [0.2, 0.25) is 17.8 Å². The van der Waals surface area contributed by atoms with Gasteiger partial charge in [0.05, 0.1) is 18.2 Å². The molecule has 3 aromatic heterocycles. The van der Waals surface area contributed by atoms with E-state index in [1.54, 1.807) is 21.6 Å². The number of amides is 2. The van der Waals surface area contributed by atoms with E-state index in [0.717, 1.165) is 67.8 Å². The molecule has 0 saturated carbocycles. The molecule has 2 saturated heterocycles. The molecular weight excluding hydrogens is 695 g/mol. The van der Waals surface area contributed by atoms with Gasteiger partial charge in [0.25, 0.3) is 5.56 Å². The minimum atomic E-state index is -0.988. The highest BCUT2D eigenvalue weighted by Gasteiger charge is 2.37. The van der Waals surface area contributed by atoms with Crippen molar-refractivity contribution >= 4 is 40.2 Å². The van der Waals surface area contributed by atoms with Gasteiger partial charge >= 0.3 is 0 Å². The van der Waals surface area contributed by atoms with Gasteiger partial charge in [0.15, 0.2) is 11.5 Å². The van der Waals surface area contributed by atoms with E-state index in [2.05, 4.69) is 56.7 Å². The van der Waals surface area contributed by atoms with E-state index in [1.165, 1.54) is 5.56 Å². The van der Waals surface area contributed by atoms with Crippen LogP contribution in [0.5, 0.6) is 0 Å². The lowest BCUT2D eigenvalue weighted by molar-refractivity contribution is -0.134. The largest absolute Gasteiger partial charge is 0.384 e. The molecular formula is C42H47N9O4. The van der Waals surface area contributed by atoms with Gasteiger partial charge in [-0.05, 0) is 98.5 Å². The van der Waals surface area contributed by atoms with E-state index >= 15 is 0 Å². The predicted molar refractivity (Wildman–Crippen MR) is 212 cm³/mol. The number of hydrogen-bond donors (Lipinski definition) is 4. The first-order valence-corrected chi connectivity index (χ1v) is 19.3. The Hall–Kier alpha value is -5.66. The molecule has 5 heterocycles. The summed E-state index contributed by atoms with van der Waals surface area (Å²) in [6.45, 7) is 8.87. The van der Waals surface area contributed by atoms with E-state index in [0.29, 0.717) is 60.2 Å². The number of rotatable bonds is 12. The molecule has 2 fully saturated rings. The van der Waals surface area contributed by atoms with E-state index in [9.17, 15) is 19.5 Å². The lowest BCUT2D eigenvalue weighted by atomic mass is 9.90. The van der Waals surface area contributed by atoms with Crippen molar-refractivity contribution in [2.75, 3.05) is 29.9 Å². The summed E-state index contributed by atoms with van der Waals surface area (Å²) in [7, 11) is 0. The zero-order valence-electron chi connectivity index (χ0n) is 31.1. The van der Waals surface area contributed by atoms with Crippen LogP contribution in [-0.2, 0) is 34.6 Å². The first kappa shape index (κ1) is 36.3. The second kappa shape index (κ2) is 15.2. The van der Waals surface area contributed by atoms with Crippen molar-refractivity contribution in [3.63, 3.8) is 0 Å². The number of pyridine rings is 1. The fraction of sp³-hybridized carbons (Fsp3) is 0.381. The van der Waals surface area contributed by atoms with Crippen molar-refractivity contribution < 1.29 is 14.7 Å². The molecule has 0 bridgehead atoms. The van der Waals surface area contributed by atoms with Crippen LogP contribution in [0.1, 0.15) is 73.8 Å². The highest BCUT2D eigenvalue weighted by molar-refractivity contribution is 6.01. The van der Waals surface area contributed by atoms with Gasteiger partial charge in [-0.25, -0.2) is 19.3 Å². The summed E-state index contributed by atoms with van der Waals surface area (Å²) >= 11 is 0. The average molecular weight is 742 g/mol. The number of carbonyl (C=O) groups excluding carboxylic acids is 2. The van der Waals surface area contributed by atoms with Crippen LogP contribution in [-0.4, -0.2) is 66.9 Å². The van der Waals surface area contributed by atoms with Crippen LogP contribution in [0.25, 0.3) is 16.9 Å². The number of anilines is 3. The maximum atomic E-state index is 13.5. The number of benzene rings is 2. The highest BCUT2D eigenvalue weighted by atomic mass is 16.3. The van der Waals surface area contributed by atoms with Gasteiger partial charge in [-0.2, -0.15) is 4.98 Å². The molecule has 8 rings (SSSR count). The number of fused-ring (bicyclic) bond motifs is 2. The second-order valence-electron chi connectivity index (χ2n) is 14.9. The second-order valence-corrected chi connectivity index (χ2v) is 14.9. The summed E-state index contributed by atoms with van der Waals surface area (Å²) in [5, 5.41) is 21.1. The van der Waals surface area contributed by atoms with Gasteiger partial charge in [0.1, 0.15) is 11.0 Å². The molecule has 55 heavy (non-hydrogen) atoms. The Kier molecular flexibility index (Phi) is 10.1. The fourth-order valence-corrected chi connectivity index (χ4v) is 8.19. The van der Waals surface area contributed by atoms with E-state index in [4.69, 9.17) is 9.97 Å². The summed E-state index contributed by atoms with van der Waals surface area (Å²) in [6, 6.07) is 20.8. The highest BCUT2D eigenvalue weighted by Crippen LogP contribution is 2.38. The van der Waals surface area contributed by atoms with Crippen molar-refractivity contribution in [1.29, 1.82) is 0 Å². The summed E-state index contributed by atoms with van der Waals surface area (Å²) < 4.78 is 3.24. The molecule has 2 atom stereocenters. The number of aryl methyl sites for hydroxylation is 1. The van der Waals surface area contributed by atoms with Crippen LogP contribution < -0.4 is 26.4 Å². The normalized spacial score (nSPS) is 20.1. The van der Waals surface area contributed by atoms with E-state index < -0.39 is 5.60 Å². The number of hydrogen-bond acceptors (Lipinski definition) is 10. The van der Waals surface area contributed by atoms with Crippen LogP contribution in [0, 0.1) is 0 Å². The van der Waals surface area contributed by atoms with Crippen molar-refractivity contribution in [3.8, 4) is 5.82 Å². The Bertz CT molecular complexity index is 2290. The summed E-state index contributed by atoms with van der Waals surface area (Å²) in [6.07, 6.45) is 9.10. The maximum Gasteiger partial charge on any atom is 0.278 e. The third-order valence-corrected chi connectivity index (χ3v) is 11.4. The molecule has 0 radical (unpaired) electrons. The van der Waals surface area contributed by atoms with Crippen molar-refractivity contribution in [1.82, 2.24) is 34.9 Å². The van der Waals surface area contributed by atoms with Crippen molar-refractivity contribution in [2.45, 2.75) is 82.4 Å². The molecule has 13 nitrogen and oxygen atoms in total. The van der Waals surface area contributed by atoms with Crippen molar-refractivity contribution in [2.24, 2.45) is 0 Å². The Morgan fingerprint density at radius 3 is 2.49 bits per heavy atom. The van der Waals surface area contributed by atoms with Gasteiger partial charge in [-0.1, -0.05) is 43.3 Å². The topological polar surface area (TPSA) is 159 Å². The standard InChI is InChI=1S/C42H47N9O4/c1-3-23-50-40(54)34-26-44-41(48-38(34)51(50)35-15-9-29-17-21-42(55,4-2)37(29)46-35)45-31-10-5-27(6-11-31)18-22-43-30-19-24-49(25-20-30)32-12-7-28(8-13-32)33-14-16-36(52)47-39(33)53/h3,5-13,15,26,30,33,43,55H,1,4,14,16-25H2,2H3,(H,44,45,48)(H,47,52,53)/t33?,42-/m1/s1. The van der Waals surface area contributed by atoms with Crippen LogP contribution in [0.15, 0.2) is 84.3 Å². The number of aromatic nitrogens is 5. The van der Waals surface area contributed by atoms with Gasteiger partial charge < -0.3 is 20.6 Å². The minimum Gasteiger partial charge on any atom is -0.384 e. The number of imide groups is 1. The lowest BCUT2D eigenvalue weighted by Crippen LogP contribution is -2.43. The maximum absolute atomic E-state index is 13.5. The predicted octanol–water partition coefficient (Wildman–Crippen LogP) is 4.77. The smallest absolute Gasteiger partial charge is 0.278 e. The lowest BCUT2D eigenvalue weighted by Gasteiger charge is -2.34. The molecule has 2 aliphatic heterocycles. The zero-order valence-corrected chi connectivity index (χ0v) is 31.1. The molecule has 284 valence electrons. The third kappa shape index (κ3) is 7.29. The Morgan fingerprint density at radius 2 is 1.76 bits per heavy atom. The fourth-order valence-electron chi connectivity index (χ4n) is 8.19. The Balaban J connectivity index is 0.867. The molecule has 0 spiro atoms. The Morgan fingerprint density at radius 1 is 0.982 bits per heavy atom. The Labute approximate surface area is 319 Å². The summed E-state index contributed by atoms with van der Waals surface area (Å²) in [5.41, 5.74) is 5.05. The monoisotopic (exact) mass is 741 g/mol. The van der Waals surface area contributed by atoms with Gasteiger partial charge in [0, 0.05) is 43.1 Å². The number of piperidine rings is 2. The van der Waals surface area contributed by atoms with Gasteiger partial charge in [-0.15, -0.1) is 6.58 Å². The SMILES string of the molecule is C=CCn1c(=O)c2cnc(Nc3ccc(CCNC4CCN(c5ccc(C6CCC(=O)NC6=O)cc5)CC4)cc3)nc2n1-c1ccc2c(n1)[C@@](O)(CC)CC2. The summed E-state index contributed by atoms with van der Waals surface area (Å²) in [4.78, 5) is 53.8. The zero-order chi connectivity index (χ0) is 38.1. The third-order valence-electron chi connectivity index (χ3n) is 11.4. The average Bonchev–Trinajstić information content (AvgIpc) is 3.68. The quantitative estimate of drug-likeness (QED) is 0.104. The molecule has 1 unspecified atom stereocenters. The van der Waals surface area contributed by atoms with Crippen LogP contribution in [0.4, 0.5) is 17.3 Å². The molecule has 2 aromatic carbocycles. The summed E-state index contributed by atoms with van der Waals surface area (Å²) in [5.74, 6) is 0.216. The first-order chi connectivity index (χ1) is 26.7. The molecule has 1 aliphatic carbocycles.